The van der Waals surface area contributed by atoms with Gasteiger partial charge in [0.2, 0.25) is 0 Å². The molecule has 1 amide bonds. The maximum absolute atomic E-state index is 12.2. The van der Waals surface area contributed by atoms with Crippen LogP contribution in [0.2, 0.25) is 0 Å². The lowest BCUT2D eigenvalue weighted by Crippen LogP contribution is -2.42. The van der Waals surface area contributed by atoms with E-state index in [4.69, 9.17) is 4.42 Å². The Hall–Kier alpha value is -2.23. The minimum absolute atomic E-state index is 0.00446. The number of rotatable bonds is 3. The Labute approximate surface area is 131 Å². The second-order valence-corrected chi connectivity index (χ2v) is 6.01. The van der Waals surface area contributed by atoms with Gasteiger partial charge in [0.15, 0.2) is 5.76 Å². The Morgan fingerprint density at radius 3 is 2.68 bits per heavy atom. The van der Waals surface area contributed by atoms with Crippen LogP contribution in [-0.4, -0.2) is 29.9 Å². The van der Waals surface area contributed by atoms with Crippen LogP contribution in [0.4, 0.5) is 5.69 Å². The third-order valence-electron chi connectivity index (χ3n) is 4.27. The maximum atomic E-state index is 12.2. The highest BCUT2D eigenvalue weighted by Crippen LogP contribution is 2.22. The minimum atomic E-state index is -0.00446. The first kappa shape index (κ1) is 14.7. The zero-order valence-corrected chi connectivity index (χ0v) is 13.1. The van der Waals surface area contributed by atoms with Gasteiger partial charge < -0.3 is 14.6 Å². The van der Waals surface area contributed by atoms with Crippen LogP contribution in [-0.2, 0) is 0 Å². The van der Waals surface area contributed by atoms with Gasteiger partial charge in [-0.2, -0.15) is 0 Å². The zero-order valence-electron chi connectivity index (χ0n) is 13.1. The smallest absolute Gasteiger partial charge is 0.289 e. The van der Waals surface area contributed by atoms with Crippen molar-refractivity contribution in [2.45, 2.75) is 32.7 Å². The largest absolute Gasteiger partial charge is 0.459 e. The summed E-state index contributed by atoms with van der Waals surface area (Å²) in [6, 6.07) is 10.4. The standard InChI is InChI=1S/C18H22N2O2/c1-13-5-6-14(2)16(12-13)19-15-7-9-20(10-8-15)18(21)17-4-3-11-22-17/h3-6,11-12,15,19H,7-10H2,1-2H3. The van der Waals surface area contributed by atoms with Crippen molar-refractivity contribution in [1.29, 1.82) is 0 Å². The van der Waals surface area contributed by atoms with Crippen LogP contribution in [0.1, 0.15) is 34.5 Å². The first-order valence-corrected chi connectivity index (χ1v) is 7.80. The highest BCUT2D eigenvalue weighted by molar-refractivity contribution is 5.91. The quantitative estimate of drug-likeness (QED) is 0.941. The van der Waals surface area contributed by atoms with E-state index in [0.29, 0.717) is 11.8 Å². The van der Waals surface area contributed by atoms with Crippen molar-refractivity contribution in [1.82, 2.24) is 4.90 Å². The lowest BCUT2D eigenvalue weighted by Gasteiger charge is -2.32. The molecular formula is C18H22N2O2. The third kappa shape index (κ3) is 3.16. The molecule has 0 radical (unpaired) electrons. The van der Waals surface area contributed by atoms with E-state index in [2.05, 4.69) is 37.4 Å². The molecule has 3 rings (SSSR count). The first-order valence-electron chi connectivity index (χ1n) is 7.80. The van der Waals surface area contributed by atoms with Crippen LogP contribution in [0.25, 0.3) is 0 Å². The lowest BCUT2D eigenvalue weighted by atomic mass is 10.0. The predicted molar refractivity (Wildman–Crippen MR) is 87.2 cm³/mol. The number of likely N-dealkylation sites (tertiary alicyclic amines) is 1. The molecule has 4 nitrogen and oxygen atoms in total. The Balaban J connectivity index is 1.58. The number of anilines is 1. The molecule has 0 saturated carbocycles. The molecule has 1 aromatic heterocycles. The second-order valence-electron chi connectivity index (χ2n) is 6.01. The predicted octanol–water partition coefficient (Wildman–Crippen LogP) is 3.61. The number of nitrogens with one attached hydrogen (secondary N) is 1. The summed E-state index contributed by atoms with van der Waals surface area (Å²) in [6.07, 6.45) is 3.46. The van der Waals surface area contributed by atoms with E-state index >= 15 is 0 Å². The zero-order chi connectivity index (χ0) is 15.5. The van der Waals surface area contributed by atoms with Crippen LogP contribution in [0.15, 0.2) is 41.0 Å². The number of amides is 1. The number of carbonyl (C=O) groups is 1. The SMILES string of the molecule is Cc1ccc(C)c(NC2CCN(C(=O)c3ccco3)CC2)c1. The molecule has 1 fully saturated rings. The Morgan fingerprint density at radius 2 is 2.00 bits per heavy atom. The van der Waals surface area contributed by atoms with Crippen molar-refractivity contribution >= 4 is 11.6 Å². The highest BCUT2D eigenvalue weighted by atomic mass is 16.3. The summed E-state index contributed by atoms with van der Waals surface area (Å²) >= 11 is 0. The van der Waals surface area contributed by atoms with Crippen LogP contribution in [0.3, 0.4) is 0 Å². The van der Waals surface area contributed by atoms with Crippen LogP contribution in [0, 0.1) is 13.8 Å². The molecule has 22 heavy (non-hydrogen) atoms. The van der Waals surface area contributed by atoms with E-state index in [0.717, 1.165) is 25.9 Å². The van der Waals surface area contributed by atoms with Crippen molar-refractivity contribution < 1.29 is 9.21 Å². The molecule has 0 unspecified atom stereocenters. The number of hydrogen-bond donors (Lipinski definition) is 1. The Kier molecular flexibility index (Phi) is 4.18. The topological polar surface area (TPSA) is 45.5 Å². The molecule has 2 aromatic rings. The molecule has 0 bridgehead atoms. The molecule has 0 atom stereocenters. The molecular weight excluding hydrogens is 276 g/mol. The number of nitrogens with zero attached hydrogens (tertiary/aromatic N) is 1. The summed E-state index contributed by atoms with van der Waals surface area (Å²) < 4.78 is 5.19. The van der Waals surface area contributed by atoms with E-state index in [1.54, 1.807) is 18.4 Å². The molecule has 2 heterocycles. The van der Waals surface area contributed by atoms with Crippen molar-refractivity contribution in [3.63, 3.8) is 0 Å². The van der Waals surface area contributed by atoms with Crippen molar-refractivity contribution in [3.05, 3.63) is 53.5 Å². The molecule has 116 valence electrons. The van der Waals surface area contributed by atoms with Crippen LogP contribution < -0.4 is 5.32 Å². The van der Waals surface area contributed by atoms with Crippen LogP contribution in [0.5, 0.6) is 0 Å². The fourth-order valence-electron chi connectivity index (χ4n) is 2.89. The normalized spacial score (nSPS) is 15.8. The summed E-state index contributed by atoms with van der Waals surface area (Å²) in [6.45, 7) is 5.76. The third-order valence-corrected chi connectivity index (χ3v) is 4.27. The van der Waals surface area contributed by atoms with Gasteiger partial charge in [-0.3, -0.25) is 4.79 Å². The summed E-state index contributed by atoms with van der Waals surface area (Å²) in [4.78, 5) is 14.1. The van der Waals surface area contributed by atoms with Gasteiger partial charge in [-0.25, -0.2) is 0 Å². The number of furan rings is 1. The van der Waals surface area contributed by atoms with E-state index in [-0.39, 0.29) is 5.91 Å². The number of benzene rings is 1. The van der Waals surface area contributed by atoms with Gasteiger partial charge in [0.25, 0.3) is 5.91 Å². The van der Waals surface area contributed by atoms with Gasteiger partial charge in [-0.15, -0.1) is 0 Å². The number of carbonyl (C=O) groups excluding carboxylic acids is 1. The van der Waals surface area contributed by atoms with Gasteiger partial charge in [-0.05, 0) is 56.0 Å². The Morgan fingerprint density at radius 1 is 1.23 bits per heavy atom. The van der Waals surface area contributed by atoms with E-state index in [1.165, 1.54) is 16.8 Å². The second kappa shape index (κ2) is 6.26. The van der Waals surface area contributed by atoms with E-state index in [1.807, 2.05) is 4.90 Å². The summed E-state index contributed by atoms with van der Waals surface area (Å²) in [5, 5.41) is 3.62. The lowest BCUT2D eigenvalue weighted by molar-refractivity contribution is 0.0686. The molecule has 4 heteroatoms. The fraction of sp³-hybridized carbons (Fsp3) is 0.389. The van der Waals surface area contributed by atoms with Crippen molar-refractivity contribution in [2.24, 2.45) is 0 Å². The van der Waals surface area contributed by atoms with Gasteiger partial charge in [-0.1, -0.05) is 12.1 Å². The minimum Gasteiger partial charge on any atom is -0.459 e. The summed E-state index contributed by atoms with van der Waals surface area (Å²) in [5.41, 5.74) is 3.73. The van der Waals surface area contributed by atoms with Gasteiger partial charge >= 0.3 is 0 Å². The number of aryl methyl sites for hydroxylation is 2. The average molecular weight is 298 g/mol. The average Bonchev–Trinajstić information content (AvgIpc) is 3.05. The Bertz CT molecular complexity index is 641. The van der Waals surface area contributed by atoms with Crippen molar-refractivity contribution in [2.75, 3.05) is 18.4 Å². The monoisotopic (exact) mass is 298 g/mol. The summed E-state index contributed by atoms with van der Waals surface area (Å²) in [7, 11) is 0. The highest BCUT2D eigenvalue weighted by Gasteiger charge is 2.25. The maximum Gasteiger partial charge on any atom is 0.289 e. The number of hydrogen-bond acceptors (Lipinski definition) is 3. The molecule has 1 aliphatic rings. The van der Waals surface area contributed by atoms with Crippen LogP contribution >= 0.6 is 0 Å². The summed E-state index contributed by atoms with van der Waals surface area (Å²) in [5.74, 6) is 0.427. The van der Waals surface area contributed by atoms with E-state index < -0.39 is 0 Å². The van der Waals surface area contributed by atoms with Crippen molar-refractivity contribution in [3.8, 4) is 0 Å². The molecule has 1 N–H and O–H groups in total. The molecule has 1 saturated heterocycles. The molecule has 1 aromatic carbocycles. The molecule has 0 spiro atoms. The van der Waals surface area contributed by atoms with Gasteiger partial charge in [0, 0.05) is 24.8 Å². The fourth-order valence-corrected chi connectivity index (χ4v) is 2.89. The number of piperidine rings is 1. The molecule has 0 aliphatic carbocycles. The van der Waals surface area contributed by atoms with E-state index in [9.17, 15) is 4.79 Å². The first-order chi connectivity index (χ1) is 10.6. The molecule has 1 aliphatic heterocycles. The van der Waals surface area contributed by atoms with Gasteiger partial charge in [0.05, 0.1) is 6.26 Å². The van der Waals surface area contributed by atoms with Gasteiger partial charge in [0.1, 0.15) is 0 Å².